The van der Waals surface area contributed by atoms with E-state index >= 15 is 0 Å². The molecule has 154 valence electrons. The van der Waals surface area contributed by atoms with Crippen LogP contribution in [0.3, 0.4) is 0 Å². The molecule has 1 unspecified atom stereocenters. The molecule has 0 spiro atoms. The summed E-state index contributed by atoms with van der Waals surface area (Å²) in [5.41, 5.74) is -0.123. The third-order valence-corrected chi connectivity index (χ3v) is 5.20. The molecule has 1 N–H and O–H groups in total. The normalized spacial score (nSPS) is 15.0. The molecule has 0 radical (unpaired) electrons. The highest BCUT2D eigenvalue weighted by molar-refractivity contribution is 7.92. The first-order valence-electron chi connectivity index (χ1n) is 6.22. The smallest absolute Gasteiger partial charge is 0.217 e. The van der Waals surface area contributed by atoms with Crippen LogP contribution in [0.2, 0.25) is 0 Å². The predicted octanol–water partition coefficient (Wildman–Crippen LogP) is 4.05. The third kappa shape index (κ3) is 4.05. The van der Waals surface area contributed by atoms with Gasteiger partial charge < -0.3 is 0 Å². The fourth-order valence-electron chi connectivity index (χ4n) is 1.57. The summed E-state index contributed by atoms with van der Waals surface area (Å²) >= 11 is 0. The van der Waals surface area contributed by atoms with Gasteiger partial charge in [0.25, 0.3) is 0 Å². The van der Waals surface area contributed by atoms with Crippen molar-refractivity contribution in [1.29, 1.82) is 0 Å². The molecule has 0 saturated heterocycles. The molecule has 0 aliphatic rings. The Bertz CT molecular complexity index is 805. The van der Waals surface area contributed by atoms with Crippen LogP contribution in [0, 0.1) is 0 Å². The van der Waals surface area contributed by atoms with Crippen molar-refractivity contribution in [3.8, 4) is 0 Å². The molecule has 5 nitrogen and oxygen atoms in total. The summed E-state index contributed by atoms with van der Waals surface area (Å²) in [6, 6.07) is 1.66. The number of benzene rings is 1. The molecule has 0 saturated carbocycles. The van der Waals surface area contributed by atoms with Crippen molar-refractivity contribution >= 4 is 18.1 Å². The third-order valence-electron chi connectivity index (χ3n) is 3.03. The van der Waals surface area contributed by atoms with E-state index in [2.05, 4.69) is 4.52 Å². The molecule has 1 aromatic rings. The molecular formula is C11H7F9O5PS+. The molecule has 0 bridgehead atoms. The summed E-state index contributed by atoms with van der Waals surface area (Å²) in [7, 11) is -9.79. The predicted molar refractivity (Wildman–Crippen MR) is 69.1 cm³/mol. The molecule has 1 aromatic carbocycles. The van der Waals surface area contributed by atoms with Gasteiger partial charge in [0.2, 0.25) is 9.84 Å². The van der Waals surface area contributed by atoms with Crippen LogP contribution in [0.5, 0.6) is 0 Å². The van der Waals surface area contributed by atoms with Gasteiger partial charge in [0.15, 0.2) is 0 Å². The lowest BCUT2D eigenvalue weighted by atomic mass is 10.1. The van der Waals surface area contributed by atoms with Crippen LogP contribution in [0.1, 0.15) is 5.56 Å². The van der Waals surface area contributed by atoms with Crippen LogP contribution in [-0.2, 0) is 25.5 Å². The second-order valence-electron chi connectivity index (χ2n) is 4.82. The second-order valence-corrected chi connectivity index (χ2v) is 7.55. The molecular weight excluding hydrogens is 446 g/mol. The van der Waals surface area contributed by atoms with E-state index < -0.39 is 52.9 Å². The van der Waals surface area contributed by atoms with Gasteiger partial charge in [-0.25, -0.2) is 8.42 Å². The van der Waals surface area contributed by atoms with Gasteiger partial charge in [0, 0.05) is 4.57 Å². The van der Waals surface area contributed by atoms with Crippen LogP contribution in [0.4, 0.5) is 39.5 Å². The lowest BCUT2D eigenvalue weighted by Crippen LogP contribution is -2.63. The van der Waals surface area contributed by atoms with Crippen molar-refractivity contribution in [2.75, 3.05) is 0 Å². The van der Waals surface area contributed by atoms with Crippen LogP contribution in [0.25, 0.3) is 0 Å². The number of hydrogen-bond acceptors (Lipinski definition) is 4. The number of hydrogen-bond donors (Lipinski definition) is 1. The Morgan fingerprint density at radius 3 is 1.70 bits per heavy atom. The summed E-state index contributed by atoms with van der Waals surface area (Å²) in [6.07, 6.45) is -7.16. The zero-order chi connectivity index (χ0) is 21.5. The molecule has 1 rings (SSSR count). The number of rotatable bonds is 7. The maximum absolute atomic E-state index is 13.6. The van der Waals surface area contributed by atoms with E-state index in [4.69, 9.17) is 4.89 Å². The van der Waals surface area contributed by atoms with Crippen molar-refractivity contribution in [3.05, 3.63) is 29.8 Å². The van der Waals surface area contributed by atoms with Crippen molar-refractivity contribution < 1.29 is 61.9 Å². The Kier molecular flexibility index (Phi) is 6.28. The van der Waals surface area contributed by atoms with Gasteiger partial charge in [-0.15, -0.1) is 9.42 Å². The maximum Gasteiger partial charge on any atom is 0.695 e. The van der Waals surface area contributed by atoms with Crippen molar-refractivity contribution in [1.82, 2.24) is 0 Å². The summed E-state index contributed by atoms with van der Waals surface area (Å²) in [6.45, 7) is -0.648. The van der Waals surface area contributed by atoms with Crippen molar-refractivity contribution in [2.24, 2.45) is 0 Å². The number of sulfone groups is 1. The van der Waals surface area contributed by atoms with E-state index in [1.54, 1.807) is 0 Å². The van der Waals surface area contributed by atoms with Crippen LogP contribution in [-0.4, -0.2) is 36.6 Å². The second kappa shape index (κ2) is 7.18. The molecule has 0 heterocycles. The average molecular weight is 453 g/mol. The minimum Gasteiger partial charge on any atom is -0.217 e. The molecule has 0 aromatic heterocycles. The highest BCUT2D eigenvalue weighted by Crippen LogP contribution is 2.55. The fraction of sp³-hybridized carbons (Fsp3) is 0.455. The molecule has 27 heavy (non-hydrogen) atoms. The van der Waals surface area contributed by atoms with Gasteiger partial charge >= 0.3 is 31.5 Å². The lowest BCUT2D eigenvalue weighted by molar-refractivity contribution is -0.382. The van der Waals surface area contributed by atoms with E-state index in [9.17, 15) is 52.5 Å². The molecule has 1 atom stereocenters. The topological polar surface area (TPSA) is 80.7 Å². The van der Waals surface area contributed by atoms with Gasteiger partial charge in [-0.05, 0) is 17.7 Å². The van der Waals surface area contributed by atoms with E-state index in [1.807, 2.05) is 0 Å². The van der Waals surface area contributed by atoms with Crippen LogP contribution < -0.4 is 0 Å². The zero-order valence-corrected chi connectivity index (χ0v) is 14.1. The number of halogens is 9. The van der Waals surface area contributed by atoms with Gasteiger partial charge in [-0.3, -0.25) is 0 Å². The minimum atomic E-state index is -7.35. The van der Waals surface area contributed by atoms with Crippen molar-refractivity contribution in [3.63, 3.8) is 0 Å². The SMILES string of the molecule is O=[P+](O)OCc1ccc(S(=O)(=O)C(F)(F)C(F)(F)C(F)(F)C(F)(F)F)cc1. The monoisotopic (exact) mass is 453 g/mol. The first-order chi connectivity index (χ1) is 11.9. The van der Waals surface area contributed by atoms with E-state index in [0.717, 1.165) is 0 Å². The fourth-order valence-corrected chi connectivity index (χ4v) is 3.09. The van der Waals surface area contributed by atoms with Gasteiger partial charge in [-0.2, -0.15) is 39.5 Å². The highest BCUT2D eigenvalue weighted by Gasteiger charge is 2.85. The van der Waals surface area contributed by atoms with Gasteiger partial charge in [-0.1, -0.05) is 12.1 Å². The molecule has 0 fully saturated rings. The standard InChI is InChI=1S/C11H6F9O5PS/c12-8(13,10(16,17)18)9(14,15)11(19,20)27(23,24)7-3-1-6(2-4-7)5-25-26(21)22/h1-4H,5H2/p+1. The summed E-state index contributed by atoms with van der Waals surface area (Å²) in [4.78, 5) is 6.69. The Morgan fingerprint density at radius 1 is 0.889 bits per heavy atom. The summed E-state index contributed by atoms with van der Waals surface area (Å²) in [5, 5.41) is -6.83. The largest absolute Gasteiger partial charge is 0.695 e. The Balaban J connectivity index is 3.34. The maximum atomic E-state index is 13.6. The highest BCUT2D eigenvalue weighted by atomic mass is 32.2. The minimum absolute atomic E-state index is 0.123. The molecule has 0 amide bonds. The molecule has 16 heteroatoms. The first kappa shape index (κ1) is 23.6. The van der Waals surface area contributed by atoms with E-state index in [0.29, 0.717) is 12.1 Å². The summed E-state index contributed by atoms with van der Waals surface area (Å²) in [5.74, 6) is -14.7. The van der Waals surface area contributed by atoms with Crippen molar-refractivity contribution in [2.45, 2.75) is 34.8 Å². The van der Waals surface area contributed by atoms with Gasteiger partial charge in [0.1, 0.15) is 6.61 Å². The van der Waals surface area contributed by atoms with Gasteiger partial charge in [0.05, 0.1) is 4.90 Å². The van der Waals surface area contributed by atoms with Crippen LogP contribution >= 0.6 is 8.25 Å². The quantitative estimate of drug-likeness (QED) is 0.498. The van der Waals surface area contributed by atoms with E-state index in [1.165, 1.54) is 0 Å². The Hall–Kier alpha value is -1.44. The van der Waals surface area contributed by atoms with E-state index in [-0.39, 0.29) is 17.7 Å². The summed E-state index contributed by atoms with van der Waals surface area (Å²) < 4.78 is 153. The Morgan fingerprint density at radius 2 is 1.33 bits per heavy atom. The first-order valence-corrected chi connectivity index (χ1v) is 8.83. The molecule has 0 aliphatic carbocycles. The average Bonchev–Trinajstić information content (AvgIpc) is 2.51. The Labute approximate surface area is 145 Å². The molecule has 0 aliphatic heterocycles. The van der Waals surface area contributed by atoms with Crippen LogP contribution in [0.15, 0.2) is 29.2 Å². The zero-order valence-electron chi connectivity index (χ0n) is 12.4. The number of alkyl halides is 9. The lowest BCUT2D eigenvalue weighted by Gasteiger charge is -2.33.